The smallest absolute Gasteiger partial charge is 0.337 e. The molecular formula is C10H10BrNO5. The molecule has 7 heteroatoms. The molecule has 17 heavy (non-hydrogen) atoms. The van der Waals surface area contributed by atoms with Gasteiger partial charge in [0, 0.05) is 13.1 Å². The number of aromatic carboxylic acids is 1. The summed E-state index contributed by atoms with van der Waals surface area (Å²) in [4.78, 5) is 24.9. The third-order valence-electron chi connectivity index (χ3n) is 1.68. The summed E-state index contributed by atoms with van der Waals surface area (Å²) in [5.41, 5.74) is 0.0595. The summed E-state index contributed by atoms with van der Waals surface area (Å²) >= 11 is 3.14. The van der Waals surface area contributed by atoms with Crippen molar-refractivity contribution in [3.05, 3.63) is 22.3 Å². The third kappa shape index (κ3) is 4.39. The van der Waals surface area contributed by atoms with Gasteiger partial charge in [-0.2, -0.15) is 0 Å². The molecule has 1 aromatic rings. The molecule has 0 bridgehead atoms. The quantitative estimate of drug-likeness (QED) is 0.655. The Balaban J connectivity index is 2.54. The Bertz CT molecular complexity index is 435. The van der Waals surface area contributed by atoms with Crippen LogP contribution in [0.2, 0.25) is 0 Å². The summed E-state index contributed by atoms with van der Waals surface area (Å²) in [6.07, 6.45) is 1.19. The Hall–Kier alpha value is -1.63. The SMILES string of the molecule is CC(=O)OCCOc1ncc(C(=O)O)cc1Br. The van der Waals surface area contributed by atoms with E-state index < -0.39 is 5.97 Å². The number of esters is 1. The van der Waals surface area contributed by atoms with E-state index in [0.29, 0.717) is 4.47 Å². The maximum absolute atomic E-state index is 10.6. The Morgan fingerprint density at radius 2 is 2.18 bits per heavy atom. The number of carboxylic acid groups (broad SMARTS) is 1. The average molecular weight is 304 g/mol. The first-order valence-electron chi connectivity index (χ1n) is 4.65. The van der Waals surface area contributed by atoms with Crippen molar-refractivity contribution in [2.45, 2.75) is 6.92 Å². The standard InChI is InChI=1S/C10H10BrNO5/c1-6(13)16-2-3-17-9-8(11)4-7(5-12-9)10(14)15/h4-5H,2-3H2,1H3,(H,14,15). The first kappa shape index (κ1) is 13.4. The normalized spacial score (nSPS) is 9.76. The van der Waals surface area contributed by atoms with E-state index in [4.69, 9.17) is 9.84 Å². The third-order valence-corrected chi connectivity index (χ3v) is 2.25. The number of aromatic nitrogens is 1. The first-order chi connectivity index (χ1) is 8.00. The van der Waals surface area contributed by atoms with Crippen molar-refractivity contribution in [3.63, 3.8) is 0 Å². The van der Waals surface area contributed by atoms with Crippen molar-refractivity contribution < 1.29 is 24.2 Å². The van der Waals surface area contributed by atoms with Gasteiger partial charge in [-0.25, -0.2) is 9.78 Å². The maximum atomic E-state index is 10.6. The van der Waals surface area contributed by atoms with Gasteiger partial charge in [-0.05, 0) is 22.0 Å². The molecule has 0 amide bonds. The Morgan fingerprint density at radius 1 is 1.47 bits per heavy atom. The van der Waals surface area contributed by atoms with Crippen molar-refractivity contribution in [1.29, 1.82) is 0 Å². The fraction of sp³-hybridized carbons (Fsp3) is 0.300. The van der Waals surface area contributed by atoms with Crippen molar-refractivity contribution >= 4 is 27.9 Å². The van der Waals surface area contributed by atoms with Crippen molar-refractivity contribution in [2.75, 3.05) is 13.2 Å². The molecule has 0 saturated heterocycles. The molecule has 92 valence electrons. The van der Waals surface area contributed by atoms with E-state index in [1.165, 1.54) is 19.2 Å². The largest absolute Gasteiger partial charge is 0.478 e. The summed E-state index contributed by atoms with van der Waals surface area (Å²) in [6.45, 7) is 1.57. The zero-order valence-corrected chi connectivity index (χ0v) is 10.6. The molecular weight excluding hydrogens is 294 g/mol. The van der Waals surface area contributed by atoms with Gasteiger partial charge in [0.1, 0.15) is 13.2 Å². The van der Waals surface area contributed by atoms with Crippen LogP contribution in [0.15, 0.2) is 16.7 Å². The fourth-order valence-corrected chi connectivity index (χ4v) is 1.44. The lowest BCUT2D eigenvalue weighted by atomic mass is 10.3. The van der Waals surface area contributed by atoms with E-state index in [2.05, 4.69) is 25.7 Å². The molecule has 0 aliphatic heterocycles. The molecule has 0 fully saturated rings. The number of carboxylic acids is 1. The minimum absolute atomic E-state index is 0.0595. The van der Waals surface area contributed by atoms with Crippen LogP contribution in [0.5, 0.6) is 5.88 Å². The summed E-state index contributed by atoms with van der Waals surface area (Å²) in [6, 6.07) is 1.39. The van der Waals surface area contributed by atoms with Gasteiger partial charge in [-0.1, -0.05) is 0 Å². The van der Waals surface area contributed by atoms with Crippen molar-refractivity contribution in [3.8, 4) is 5.88 Å². The molecule has 1 aromatic heterocycles. The number of carbonyl (C=O) groups excluding carboxylic acids is 1. The van der Waals surface area contributed by atoms with Gasteiger partial charge in [0.15, 0.2) is 0 Å². The maximum Gasteiger partial charge on any atom is 0.337 e. The molecule has 1 N–H and O–H groups in total. The van der Waals surface area contributed by atoms with Crippen molar-refractivity contribution in [2.24, 2.45) is 0 Å². The van der Waals surface area contributed by atoms with Crippen molar-refractivity contribution in [1.82, 2.24) is 4.98 Å². The minimum atomic E-state index is -1.07. The molecule has 6 nitrogen and oxygen atoms in total. The predicted molar refractivity (Wildman–Crippen MR) is 61.0 cm³/mol. The molecule has 0 saturated carbocycles. The number of halogens is 1. The first-order valence-corrected chi connectivity index (χ1v) is 5.45. The number of hydrogen-bond acceptors (Lipinski definition) is 5. The Morgan fingerprint density at radius 3 is 2.71 bits per heavy atom. The summed E-state index contributed by atoms with van der Waals surface area (Å²) < 4.78 is 10.3. The van der Waals surface area contributed by atoms with Crippen LogP contribution in [0, 0.1) is 0 Å². The zero-order chi connectivity index (χ0) is 12.8. The minimum Gasteiger partial charge on any atom is -0.478 e. The molecule has 0 atom stereocenters. The number of nitrogens with zero attached hydrogens (tertiary/aromatic N) is 1. The van der Waals surface area contributed by atoms with Crippen LogP contribution in [0.4, 0.5) is 0 Å². The number of pyridine rings is 1. The second kappa shape index (κ2) is 6.19. The molecule has 0 radical (unpaired) electrons. The molecule has 0 aliphatic carbocycles. The van der Waals surface area contributed by atoms with Crippen LogP contribution in [0.3, 0.4) is 0 Å². The van der Waals surface area contributed by atoms with Crippen LogP contribution >= 0.6 is 15.9 Å². The molecule has 0 unspecified atom stereocenters. The number of hydrogen-bond donors (Lipinski definition) is 1. The van der Waals surface area contributed by atoms with Gasteiger partial charge in [0.2, 0.25) is 5.88 Å². The van der Waals surface area contributed by atoms with Gasteiger partial charge < -0.3 is 14.6 Å². The van der Waals surface area contributed by atoms with Crippen LogP contribution in [0.25, 0.3) is 0 Å². The zero-order valence-electron chi connectivity index (χ0n) is 8.97. The molecule has 1 heterocycles. The second-order valence-electron chi connectivity index (χ2n) is 3.00. The highest BCUT2D eigenvalue weighted by atomic mass is 79.9. The van der Waals surface area contributed by atoms with E-state index in [-0.39, 0.29) is 30.6 Å². The Kier molecular flexibility index (Phi) is 4.89. The van der Waals surface area contributed by atoms with Crippen LogP contribution in [-0.4, -0.2) is 35.2 Å². The van der Waals surface area contributed by atoms with Crippen LogP contribution < -0.4 is 4.74 Å². The summed E-state index contributed by atoms with van der Waals surface area (Å²) in [7, 11) is 0. The van der Waals surface area contributed by atoms with Gasteiger partial charge in [-0.15, -0.1) is 0 Å². The topological polar surface area (TPSA) is 85.7 Å². The summed E-state index contributed by atoms with van der Waals surface area (Å²) in [5.74, 6) is -1.20. The molecule has 0 spiro atoms. The lowest BCUT2D eigenvalue weighted by Gasteiger charge is -2.07. The number of ether oxygens (including phenoxy) is 2. The van der Waals surface area contributed by atoms with Gasteiger partial charge in [0.25, 0.3) is 0 Å². The highest BCUT2D eigenvalue weighted by Gasteiger charge is 2.09. The van der Waals surface area contributed by atoms with Gasteiger partial charge in [0.05, 0.1) is 10.0 Å². The predicted octanol–water partition coefficient (Wildman–Crippen LogP) is 1.48. The Labute approximate surface area is 106 Å². The fourth-order valence-electron chi connectivity index (χ4n) is 0.972. The lowest BCUT2D eigenvalue weighted by molar-refractivity contribution is -0.141. The molecule has 0 aliphatic rings. The monoisotopic (exact) mass is 303 g/mol. The van der Waals surface area contributed by atoms with E-state index in [1.54, 1.807) is 0 Å². The second-order valence-corrected chi connectivity index (χ2v) is 3.86. The molecule has 0 aromatic carbocycles. The van der Waals surface area contributed by atoms with E-state index >= 15 is 0 Å². The highest BCUT2D eigenvalue weighted by Crippen LogP contribution is 2.22. The van der Waals surface area contributed by atoms with Crippen LogP contribution in [0.1, 0.15) is 17.3 Å². The van der Waals surface area contributed by atoms with E-state index in [0.717, 1.165) is 0 Å². The molecule has 1 rings (SSSR count). The van der Waals surface area contributed by atoms with E-state index in [9.17, 15) is 9.59 Å². The number of carbonyl (C=O) groups is 2. The van der Waals surface area contributed by atoms with Gasteiger partial charge in [-0.3, -0.25) is 4.79 Å². The van der Waals surface area contributed by atoms with Gasteiger partial charge >= 0.3 is 11.9 Å². The number of rotatable bonds is 5. The average Bonchev–Trinajstić information content (AvgIpc) is 2.25. The van der Waals surface area contributed by atoms with E-state index in [1.807, 2.05) is 0 Å². The van der Waals surface area contributed by atoms with Crippen LogP contribution in [-0.2, 0) is 9.53 Å². The summed E-state index contributed by atoms with van der Waals surface area (Å²) in [5, 5.41) is 8.72. The lowest BCUT2D eigenvalue weighted by Crippen LogP contribution is -2.10. The highest BCUT2D eigenvalue weighted by molar-refractivity contribution is 9.10.